The molecule has 1 unspecified atom stereocenters. The number of carbonyl (C=O) groups excluding carboxylic acids is 1. The number of ether oxygens (including phenoxy) is 2. The van der Waals surface area contributed by atoms with Crippen molar-refractivity contribution in [3.05, 3.63) is 53.6 Å². The van der Waals surface area contributed by atoms with Gasteiger partial charge in [0.05, 0.1) is 30.8 Å². The lowest BCUT2D eigenvalue weighted by molar-refractivity contribution is 0.0809. The number of aromatic nitrogens is 4. The van der Waals surface area contributed by atoms with Crippen LogP contribution in [0.15, 0.2) is 36.8 Å². The first-order chi connectivity index (χ1) is 12.6. The molecule has 26 heavy (non-hydrogen) atoms. The van der Waals surface area contributed by atoms with Gasteiger partial charge in [0.15, 0.2) is 6.23 Å². The molecule has 1 aliphatic rings. The number of rotatable bonds is 4. The number of aromatic amines is 1. The average molecular weight is 351 g/mol. The zero-order valence-corrected chi connectivity index (χ0v) is 14.6. The summed E-state index contributed by atoms with van der Waals surface area (Å²) >= 11 is 0. The molecule has 0 bridgehead atoms. The van der Waals surface area contributed by atoms with Crippen molar-refractivity contribution in [2.24, 2.45) is 0 Å². The van der Waals surface area contributed by atoms with Crippen LogP contribution in [0, 0.1) is 6.92 Å². The molecule has 4 rings (SSSR count). The molecule has 1 aliphatic heterocycles. The predicted octanol–water partition coefficient (Wildman–Crippen LogP) is 2.49. The van der Waals surface area contributed by atoms with Crippen LogP contribution in [0.5, 0.6) is 5.75 Å². The van der Waals surface area contributed by atoms with Crippen LogP contribution in [-0.4, -0.2) is 40.3 Å². The number of amides is 1. The second kappa shape index (κ2) is 6.23. The molecule has 1 amide bonds. The van der Waals surface area contributed by atoms with E-state index in [2.05, 4.69) is 15.2 Å². The van der Waals surface area contributed by atoms with Gasteiger partial charge in [-0.05, 0) is 24.6 Å². The summed E-state index contributed by atoms with van der Waals surface area (Å²) in [5.74, 6) is 1.03. The molecule has 3 aromatic rings. The molecule has 1 atom stereocenters. The Morgan fingerprint density at radius 3 is 2.77 bits per heavy atom. The third kappa shape index (κ3) is 2.42. The SMILES string of the molecule is COc1cncc(-c2cc(C)c3c(n2)C(OC)N(c2ccn[nH]2)C3=O)c1. The maximum absolute atomic E-state index is 13.0. The summed E-state index contributed by atoms with van der Waals surface area (Å²) in [5, 5.41) is 6.73. The Bertz CT molecular complexity index is 971. The van der Waals surface area contributed by atoms with Gasteiger partial charge in [0.2, 0.25) is 0 Å². The van der Waals surface area contributed by atoms with Crippen molar-refractivity contribution in [1.29, 1.82) is 0 Å². The number of nitrogens with zero attached hydrogens (tertiary/aromatic N) is 4. The van der Waals surface area contributed by atoms with E-state index in [0.717, 1.165) is 11.1 Å². The lowest BCUT2D eigenvalue weighted by Crippen LogP contribution is -2.29. The summed E-state index contributed by atoms with van der Waals surface area (Å²) in [5.41, 5.74) is 3.45. The molecule has 0 radical (unpaired) electrons. The van der Waals surface area contributed by atoms with E-state index in [0.29, 0.717) is 28.5 Å². The number of H-pyrrole nitrogens is 1. The van der Waals surface area contributed by atoms with Crippen molar-refractivity contribution >= 4 is 11.7 Å². The molecule has 4 heterocycles. The van der Waals surface area contributed by atoms with Gasteiger partial charge in [0.1, 0.15) is 17.3 Å². The minimum absolute atomic E-state index is 0.170. The number of hydrogen-bond acceptors (Lipinski definition) is 6. The molecule has 8 heteroatoms. The third-order valence-corrected chi connectivity index (χ3v) is 4.36. The van der Waals surface area contributed by atoms with Gasteiger partial charge in [0.25, 0.3) is 5.91 Å². The number of fused-ring (bicyclic) bond motifs is 1. The van der Waals surface area contributed by atoms with Gasteiger partial charge in [-0.25, -0.2) is 4.98 Å². The highest BCUT2D eigenvalue weighted by Gasteiger charge is 2.41. The number of hydrogen-bond donors (Lipinski definition) is 1. The van der Waals surface area contributed by atoms with Gasteiger partial charge in [-0.2, -0.15) is 5.10 Å². The standard InChI is InChI=1S/C18H17N5O3/c1-10-6-13(11-7-12(25-2)9-19-8-11)21-16-15(10)17(24)23(18(16)26-3)14-4-5-20-22-14/h4-9,18H,1-3H3,(H,20,22). The summed E-state index contributed by atoms with van der Waals surface area (Å²) in [6.45, 7) is 1.89. The van der Waals surface area contributed by atoms with E-state index >= 15 is 0 Å². The second-order valence-electron chi connectivity index (χ2n) is 5.90. The van der Waals surface area contributed by atoms with E-state index in [9.17, 15) is 4.79 Å². The van der Waals surface area contributed by atoms with Gasteiger partial charge in [-0.1, -0.05) is 0 Å². The fraction of sp³-hybridized carbons (Fsp3) is 0.222. The van der Waals surface area contributed by atoms with Crippen LogP contribution in [0.2, 0.25) is 0 Å². The zero-order valence-electron chi connectivity index (χ0n) is 14.6. The highest BCUT2D eigenvalue weighted by molar-refractivity contribution is 6.11. The van der Waals surface area contributed by atoms with Gasteiger partial charge < -0.3 is 9.47 Å². The molecule has 0 spiro atoms. The van der Waals surface area contributed by atoms with Crippen LogP contribution in [0.1, 0.15) is 27.8 Å². The number of anilines is 1. The highest BCUT2D eigenvalue weighted by Crippen LogP contribution is 2.38. The van der Waals surface area contributed by atoms with Crippen molar-refractivity contribution in [3.63, 3.8) is 0 Å². The Balaban J connectivity index is 1.85. The largest absolute Gasteiger partial charge is 0.495 e. The smallest absolute Gasteiger partial charge is 0.264 e. The molecular formula is C18H17N5O3. The third-order valence-electron chi connectivity index (χ3n) is 4.36. The van der Waals surface area contributed by atoms with Crippen molar-refractivity contribution in [2.45, 2.75) is 13.2 Å². The fourth-order valence-electron chi connectivity index (χ4n) is 3.16. The lowest BCUT2D eigenvalue weighted by atomic mass is 10.0. The summed E-state index contributed by atoms with van der Waals surface area (Å²) in [6, 6.07) is 5.45. The van der Waals surface area contributed by atoms with E-state index in [4.69, 9.17) is 14.5 Å². The van der Waals surface area contributed by atoms with Crippen LogP contribution in [0.4, 0.5) is 5.82 Å². The van der Waals surface area contributed by atoms with Crippen LogP contribution in [-0.2, 0) is 4.74 Å². The average Bonchev–Trinajstić information content (AvgIpc) is 3.27. The maximum atomic E-state index is 13.0. The predicted molar refractivity (Wildman–Crippen MR) is 93.9 cm³/mol. The molecule has 3 aromatic heterocycles. The van der Waals surface area contributed by atoms with Gasteiger partial charge in [-0.3, -0.25) is 19.8 Å². The number of aryl methyl sites for hydroxylation is 1. The Labute approximate surface area is 149 Å². The monoisotopic (exact) mass is 351 g/mol. The number of methoxy groups -OCH3 is 2. The second-order valence-corrected chi connectivity index (χ2v) is 5.90. The lowest BCUT2D eigenvalue weighted by Gasteiger charge is -2.21. The molecule has 132 valence electrons. The zero-order chi connectivity index (χ0) is 18.3. The maximum Gasteiger partial charge on any atom is 0.264 e. The Morgan fingerprint density at radius 1 is 1.23 bits per heavy atom. The molecule has 1 N–H and O–H groups in total. The summed E-state index contributed by atoms with van der Waals surface area (Å²) in [4.78, 5) is 23.4. The molecule has 0 fully saturated rings. The summed E-state index contributed by atoms with van der Waals surface area (Å²) < 4.78 is 10.8. The quantitative estimate of drug-likeness (QED) is 0.776. The summed E-state index contributed by atoms with van der Waals surface area (Å²) in [6.07, 6.45) is 4.30. The van der Waals surface area contributed by atoms with Gasteiger partial charge >= 0.3 is 0 Å². The first-order valence-electron chi connectivity index (χ1n) is 8.00. The topological polar surface area (TPSA) is 93.2 Å². The minimum Gasteiger partial charge on any atom is -0.495 e. The normalized spacial score (nSPS) is 16.0. The van der Waals surface area contributed by atoms with Crippen molar-refractivity contribution in [1.82, 2.24) is 20.2 Å². The van der Waals surface area contributed by atoms with E-state index in [-0.39, 0.29) is 5.91 Å². The van der Waals surface area contributed by atoms with Crippen LogP contribution >= 0.6 is 0 Å². The molecule has 0 aromatic carbocycles. The minimum atomic E-state index is -0.629. The fourth-order valence-corrected chi connectivity index (χ4v) is 3.16. The van der Waals surface area contributed by atoms with Crippen molar-refractivity contribution < 1.29 is 14.3 Å². The molecular weight excluding hydrogens is 334 g/mol. The molecule has 0 saturated carbocycles. The van der Waals surface area contributed by atoms with Crippen molar-refractivity contribution in [2.75, 3.05) is 19.1 Å². The van der Waals surface area contributed by atoms with E-state index in [1.54, 1.807) is 38.9 Å². The van der Waals surface area contributed by atoms with E-state index < -0.39 is 6.23 Å². The Hall–Kier alpha value is -3.26. The highest BCUT2D eigenvalue weighted by atomic mass is 16.5. The van der Waals surface area contributed by atoms with Crippen LogP contribution in [0.3, 0.4) is 0 Å². The number of nitrogens with one attached hydrogen (secondary N) is 1. The first kappa shape index (κ1) is 16.2. The Morgan fingerprint density at radius 2 is 2.08 bits per heavy atom. The molecule has 0 saturated heterocycles. The number of carbonyl (C=O) groups is 1. The molecule has 8 nitrogen and oxygen atoms in total. The van der Waals surface area contributed by atoms with Crippen molar-refractivity contribution in [3.8, 4) is 17.0 Å². The van der Waals surface area contributed by atoms with E-state index in [1.807, 2.05) is 19.1 Å². The number of pyridine rings is 2. The summed E-state index contributed by atoms with van der Waals surface area (Å²) in [7, 11) is 3.14. The van der Waals surface area contributed by atoms with Crippen LogP contribution < -0.4 is 9.64 Å². The van der Waals surface area contributed by atoms with Crippen LogP contribution in [0.25, 0.3) is 11.3 Å². The molecule has 0 aliphatic carbocycles. The van der Waals surface area contributed by atoms with Gasteiger partial charge in [0, 0.05) is 24.9 Å². The van der Waals surface area contributed by atoms with Gasteiger partial charge in [-0.15, -0.1) is 0 Å². The Kier molecular flexibility index (Phi) is 3.89. The van der Waals surface area contributed by atoms with E-state index in [1.165, 1.54) is 4.90 Å². The first-order valence-corrected chi connectivity index (χ1v) is 8.00.